The maximum atomic E-state index is 12.6. The standard InChI is InChI=1S/C27H25BrN2O6/c1-17-13-19(28)3-12-24(17)29-25(31)16-35-27(33)18-14-26(32)30(15-18)20-4-6-22(7-5-20)36-23-10-8-21(34-2)9-11-23/h3-13,18H,14-16H2,1-2H3,(H,29,31)/t18-/m0/s1. The van der Waals surface area contributed by atoms with E-state index >= 15 is 0 Å². The highest BCUT2D eigenvalue weighted by Gasteiger charge is 2.36. The molecule has 0 aliphatic carbocycles. The number of ether oxygens (including phenoxy) is 3. The summed E-state index contributed by atoms with van der Waals surface area (Å²) in [5, 5.41) is 2.72. The number of hydrogen-bond acceptors (Lipinski definition) is 6. The maximum Gasteiger partial charge on any atom is 0.311 e. The van der Waals surface area contributed by atoms with Crippen LogP contribution in [0.5, 0.6) is 17.2 Å². The summed E-state index contributed by atoms with van der Waals surface area (Å²) in [4.78, 5) is 38.8. The molecule has 1 atom stereocenters. The Labute approximate surface area is 217 Å². The summed E-state index contributed by atoms with van der Waals surface area (Å²) in [6.45, 7) is 1.63. The molecule has 186 valence electrons. The predicted octanol–water partition coefficient (Wildman–Crippen LogP) is 5.09. The summed E-state index contributed by atoms with van der Waals surface area (Å²) >= 11 is 3.37. The molecule has 0 unspecified atom stereocenters. The predicted molar refractivity (Wildman–Crippen MR) is 138 cm³/mol. The van der Waals surface area contributed by atoms with Crippen molar-refractivity contribution in [1.82, 2.24) is 0 Å². The molecule has 3 aromatic carbocycles. The lowest BCUT2D eigenvalue weighted by molar-refractivity contribution is -0.151. The van der Waals surface area contributed by atoms with Crippen LogP contribution < -0.4 is 19.7 Å². The molecule has 3 aromatic rings. The lowest BCUT2D eigenvalue weighted by Gasteiger charge is -2.17. The van der Waals surface area contributed by atoms with E-state index in [1.54, 1.807) is 61.7 Å². The van der Waals surface area contributed by atoms with Crippen LogP contribution in [0.15, 0.2) is 71.2 Å². The Morgan fingerprint density at radius 2 is 1.64 bits per heavy atom. The second-order valence-electron chi connectivity index (χ2n) is 8.29. The van der Waals surface area contributed by atoms with Gasteiger partial charge in [0.1, 0.15) is 17.2 Å². The summed E-state index contributed by atoms with van der Waals surface area (Å²) in [6.07, 6.45) is 0.0242. The maximum absolute atomic E-state index is 12.6. The number of rotatable bonds is 8. The van der Waals surface area contributed by atoms with Gasteiger partial charge in [-0.15, -0.1) is 0 Å². The highest BCUT2D eigenvalue weighted by Crippen LogP contribution is 2.30. The Morgan fingerprint density at radius 3 is 2.28 bits per heavy atom. The first-order chi connectivity index (χ1) is 17.3. The lowest BCUT2D eigenvalue weighted by atomic mass is 10.1. The molecule has 9 heteroatoms. The van der Waals surface area contributed by atoms with E-state index in [9.17, 15) is 14.4 Å². The number of hydrogen-bond donors (Lipinski definition) is 1. The van der Waals surface area contributed by atoms with Crippen LogP contribution in [-0.2, 0) is 19.1 Å². The molecule has 0 saturated carbocycles. The molecule has 1 fully saturated rings. The summed E-state index contributed by atoms with van der Waals surface area (Å²) in [7, 11) is 1.60. The first kappa shape index (κ1) is 25.2. The third kappa shape index (κ3) is 6.23. The quantitative estimate of drug-likeness (QED) is 0.391. The third-order valence-corrected chi connectivity index (χ3v) is 6.20. The van der Waals surface area contributed by atoms with Crippen molar-refractivity contribution in [2.75, 3.05) is 30.5 Å². The van der Waals surface area contributed by atoms with Gasteiger partial charge in [-0.05, 0) is 79.2 Å². The van der Waals surface area contributed by atoms with Crippen LogP contribution in [0.25, 0.3) is 0 Å². The zero-order valence-corrected chi connectivity index (χ0v) is 21.4. The van der Waals surface area contributed by atoms with Crippen molar-refractivity contribution in [2.45, 2.75) is 13.3 Å². The normalized spacial score (nSPS) is 14.9. The van der Waals surface area contributed by atoms with Crippen molar-refractivity contribution >= 4 is 45.1 Å². The molecular weight excluding hydrogens is 528 g/mol. The van der Waals surface area contributed by atoms with Gasteiger partial charge in [-0.1, -0.05) is 15.9 Å². The fourth-order valence-electron chi connectivity index (χ4n) is 3.80. The number of nitrogens with one attached hydrogen (secondary N) is 1. The number of methoxy groups -OCH3 is 1. The third-order valence-electron chi connectivity index (χ3n) is 5.71. The Bertz CT molecular complexity index is 1260. The smallest absolute Gasteiger partial charge is 0.311 e. The number of nitrogens with zero attached hydrogens (tertiary/aromatic N) is 1. The monoisotopic (exact) mass is 552 g/mol. The van der Waals surface area contributed by atoms with Crippen LogP contribution in [0.4, 0.5) is 11.4 Å². The molecule has 1 aliphatic rings. The number of carbonyl (C=O) groups excluding carboxylic acids is 3. The Hall–Kier alpha value is -3.85. The van der Waals surface area contributed by atoms with Gasteiger partial charge in [0, 0.05) is 28.8 Å². The number of anilines is 2. The van der Waals surface area contributed by atoms with Gasteiger partial charge >= 0.3 is 5.97 Å². The molecule has 1 saturated heterocycles. The number of benzene rings is 3. The summed E-state index contributed by atoms with van der Waals surface area (Å²) < 4.78 is 17.0. The van der Waals surface area contributed by atoms with Gasteiger partial charge in [0.05, 0.1) is 13.0 Å². The lowest BCUT2D eigenvalue weighted by Crippen LogP contribution is -2.28. The first-order valence-corrected chi connectivity index (χ1v) is 12.1. The van der Waals surface area contributed by atoms with Crippen molar-refractivity contribution in [1.29, 1.82) is 0 Å². The van der Waals surface area contributed by atoms with Crippen LogP contribution in [0.1, 0.15) is 12.0 Å². The molecule has 1 aliphatic heterocycles. The topological polar surface area (TPSA) is 94.2 Å². The Morgan fingerprint density at radius 1 is 1.00 bits per heavy atom. The largest absolute Gasteiger partial charge is 0.497 e. The molecule has 36 heavy (non-hydrogen) atoms. The van der Waals surface area contributed by atoms with Crippen LogP contribution >= 0.6 is 15.9 Å². The van der Waals surface area contributed by atoms with Crippen LogP contribution in [0, 0.1) is 12.8 Å². The minimum Gasteiger partial charge on any atom is -0.497 e. The highest BCUT2D eigenvalue weighted by atomic mass is 79.9. The molecule has 8 nitrogen and oxygen atoms in total. The molecule has 0 radical (unpaired) electrons. The van der Waals surface area contributed by atoms with Crippen molar-refractivity contribution in [3.05, 3.63) is 76.8 Å². The van der Waals surface area contributed by atoms with Crippen molar-refractivity contribution in [3.63, 3.8) is 0 Å². The molecule has 0 aromatic heterocycles. The van der Waals surface area contributed by atoms with Gasteiger partial charge in [-0.3, -0.25) is 14.4 Å². The van der Waals surface area contributed by atoms with Gasteiger partial charge in [-0.2, -0.15) is 0 Å². The van der Waals surface area contributed by atoms with Gasteiger partial charge < -0.3 is 24.4 Å². The molecule has 0 bridgehead atoms. The van der Waals surface area contributed by atoms with Gasteiger partial charge in [-0.25, -0.2) is 0 Å². The summed E-state index contributed by atoms with van der Waals surface area (Å²) in [5.74, 6) is 0.154. The first-order valence-electron chi connectivity index (χ1n) is 11.3. The number of aryl methyl sites for hydroxylation is 1. The Balaban J connectivity index is 1.29. The zero-order valence-electron chi connectivity index (χ0n) is 19.8. The summed E-state index contributed by atoms with van der Waals surface area (Å²) in [5.41, 5.74) is 2.17. The fraction of sp³-hybridized carbons (Fsp3) is 0.222. The SMILES string of the molecule is COc1ccc(Oc2ccc(N3C[C@@H](C(=O)OCC(=O)Nc4ccc(Br)cc4C)CC3=O)cc2)cc1. The molecule has 1 N–H and O–H groups in total. The average Bonchev–Trinajstić information content (AvgIpc) is 3.27. The van der Waals surface area contributed by atoms with Gasteiger partial charge in [0.15, 0.2) is 6.61 Å². The fourth-order valence-corrected chi connectivity index (χ4v) is 4.27. The van der Waals surface area contributed by atoms with E-state index in [2.05, 4.69) is 21.2 Å². The molecule has 4 rings (SSSR count). The zero-order chi connectivity index (χ0) is 25.7. The highest BCUT2D eigenvalue weighted by molar-refractivity contribution is 9.10. The average molecular weight is 553 g/mol. The second-order valence-corrected chi connectivity index (χ2v) is 9.21. The Kier molecular flexibility index (Phi) is 7.90. The van der Waals surface area contributed by atoms with E-state index < -0.39 is 24.4 Å². The second kappa shape index (κ2) is 11.3. The van der Waals surface area contributed by atoms with E-state index in [-0.39, 0.29) is 18.9 Å². The van der Waals surface area contributed by atoms with Crippen molar-refractivity contribution in [3.8, 4) is 17.2 Å². The van der Waals surface area contributed by atoms with E-state index in [1.165, 1.54) is 4.90 Å². The number of esters is 1. The van der Waals surface area contributed by atoms with Crippen LogP contribution in [0.2, 0.25) is 0 Å². The number of halogens is 1. The van der Waals surface area contributed by atoms with Crippen molar-refractivity contribution in [2.24, 2.45) is 5.92 Å². The molecule has 0 spiro atoms. The minimum absolute atomic E-state index is 0.0242. The van der Waals surface area contributed by atoms with E-state index in [4.69, 9.17) is 14.2 Å². The molecule has 2 amide bonds. The van der Waals surface area contributed by atoms with Crippen LogP contribution in [-0.4, -0.2) is 38.0 Å². The van der Waals surface area contributed by atoms with E-state index in [0.29, 0.717) is 22.9 Å². The van der Waals surface area contributed by atoms with Crippen LogP contribution in [0.3, 0.4) is 0 Å². The van der Waals surface area contributed by atoms with E-state index in [0.717, 1.165) is 15.8 Å². The van der Waals surface area contributed by atoms with Crippen molar-refractivity contribution < 1.29 is 28.6 Å². The van der Waals surface area contributed by atoms with Gasteiger partial charge in [0.2, 0.25) is 5.91 Å². The number of amides is 2. The summed E-state index contributed by atoms with van der Waals surface area (Å²) in [6, 6.07) is 19.7. The minimum atomic E-state index is -0.644. The molecule has 1 heterocycles. The number of carbonyl (C=O) groups is 3. The van der Waals surface area contributed by atoms with E-state index in [1.807, 2.05) is 19.1 Å². The molecular formula is C27H25BrN2O6. The van der Waals surface area contributed by atoms with Gasteiger partial charge in [0.25, 0.3) is 5.91 Å².